The zero-order valence-electron chi connectivity index (χ0n) is 11.7. The molecule has 1 aromatic rings. The number of benzene rings is 1. The first-order valence-corrected chi connectivity index (χ1v) is 7.93. The minimum Gasteiger partial charge on any atom is -0.329 e. The van der Waals surface area contributed by atoms with Gasteiger partial charge in [0.25, 0.3) is 0 Å². The van der Waals surface area contributed by atoms with Crippen LogP contribution in [0.2, 0.25) is 5.02 Å². The van der Waals surface area contributed by atoms with Crippen molar-refractivity contribution < 1.29 is 8.42 Å². The first-order chi connectivity index (χ1) is 8.59. The van der Waals surface area contributed by atoms with Gasteiger partial charge in [0.1, 0.15) is 0 Å². The maximum Gasteiger partial charge on any atom is 0.241 e. The average molecular weight is 305 g/mol. The van der Waals surface area contributed by atoms with Crippen molar-refractivity contribution in [2.24, 2.45) is 11.1 Å². The summed E-state index contributed by atoms with van der Waals surface area (Å²) in [5, 5.41) is 0.433. The summed E-state index contributed by atoms with van der Waals surface area (Å²) < 4.78 is 27.4. The summed E-state index contributed by atoms with van der Waals surface area (Å²) in [6.45, 7) is 7.75. The minimum absolute atomic E-state index is 0.197. The molecule has 0 saturated carbocycles. The fourth-order valence-electron chi connectivity index (χ4n) is 1.71. The molecule has 0 heterocycles. The Balaban J connectivity index is 3.15. The van der Waals surface area contributed by atoms with Crippen LogP contribution in [0.5, 0.6) is 0 Å². The molecule has 0 fully saturated rings. The van der Waals surface area contributed by atoms with Gasteiger partial charge in [0.05, 0.1) is 4.90 Å². The molecule has 4 nitrogen and oxygen atoms in total. The highest BCUT2D eigenvalue weighted by Gasteiger charge is 2.29. The molecule has 0 amide bonds. The predicted octanol–water partition coefficient (Wildman–Crippen LogP) is 2.30. The lowest BCUT2D eigenvalue weighted by molar-refractivity contribution is 0.304. The summed E-state index contributed by atoms with van der Waals surface area (Å²) in [6.07, 6.45) is 0. The molecule has 0 aliphatic heterocycles. The van der Waals surface area contributed by atoms with Crippen molar-refractivity contribution in [3.63, 3.8) is 0 Å². The normalized spacial score (nSPS) is 14.4. The molecule has 0 saturated heterocycles. The van der Waals surface area contributed by atoms with E-state index in [9.17, 15) is 8.42 Å². The third kappa shape index (κ3) is 3.92. The van der Waals surface area contributed by atoms with Crippen LogP contribution in [-0.4, -0.2) is 21.0 Å². The predicted molar refractivity (Wildman–Crippen MR) is 78.8 cm³/mol. The van der Waals surface area contributed by atoms with E-state index in [0.717, 1.165) is 0 Å². The van der Waals surface area contributed by atoms with Gasteiger partial charge in [0, 0.05) is 17.6 Å². The summed E-state index contributed by atoms with van der Waals surface area (Å²) in [5.41, 5.74) is 5.95. The van der Waals surface area contributed by atoms with Gasteiger partial charge in [-0.2, -0.15) is 0 Å². The van der Waals surface area contributed by atoms with Crippen molar-refractivity contribution in [2.45, 2.75) is 38.6 Å². The lowest BCUT2D eigenvalue weighted by atomic mass is 9.88. The molecule has 0 aromatic heterocycles. The van der Waals surface area contributed by atoms with Gasteiger partial charge in [0.2, 0.25) is 10.0 Å². The minimum atomic E-state index is -3.62. The molecule has 108 valence electrons. The largest absolute Gasteiger partial charge is 0.329 e. The lowest BCUT2D eigenvalue weighted by Crippen LogP contribution is -2.48. The molecule has 0 radical (unpaired) electrons. The Hall–Kier alpha value is -0.620. The highest BCUT2D eigenvalue weighted by Crippen LogP contribution is 2.25. The Bertz CT molecular complexity index is 550. The molecule has 1 atom stereocenters. The van der Waals surface area contributed by atoms with Gasteiger partial charge in [-0.25, -0.2) is 13.1 Å². The molecular formula is C13H21ClN2O2S. The summed E-state index contributed by atoms with van der Waals surface area (Å²) in [4.78, 5) is 0.197. The molecule has 1 unspecified atom stereocenters. The van der Waals surface area contributed by atoms with E-state index in [1.165, 1.54) is 0 Å². The van der Waals surface area contributed by atoms with E-state index in [1.807, 2.05) is 20.8 Å². The quantitative estimate of drug-likeness (QED) is 0.896. The molecule has 0 spiro atoms. The Kier molecular flexibility index (Phi) is 5.01. The molecule has 0 aliphatic rings. The monoisotopic (exact) mass is 304 g/mol. The number of nitrogens with one attached hydrogen (secondary N) is 1. The van der Waals surface area contributed by atoms with Crippen LogP contribution in [-0.2, 0) is 10.0 Å². The molecular weight excluding hydrogens is 284 g/mol. The first-order valence-electron chi connectivity index (χ1n) is 6.07. The van der Waals surface area contributed by atoms with Crippen LogP contribution in [0.3, 0.4) is 0 Å². The van der Waals surface area contributed by atoms with E-state index in [-0.39, 0.29) is 22.9 Å². The molecule has 1 rings (SSSR count). The summed E-state index contributed by atoms with van der Waals surface area (Å²) in [7, 11) is -3.62. The highest BCUT2D eigenvalue weighted by atomic mass is 35.5. The average Bonchev–Trinajstić information content (AvgIpc) is 2.28. The third-order valence-electron chi connectivity index (χ3n) is 3.09. The standard InChI is InChI=1S/C13H21ClN2O2S/c1-9-10(14)6-5-7-11(9)19(17,18)16-12(8-15)13(2,3)4/h5-7,12,16H,8,15H2,1-4H3. The molecule has 0 aliphatic carbocycles. The smallest absolute Gasteiger partial charge is 0.241 e. The fraction of sp³-hybridized carbons (Fsp3) is 0.538. The second-order valence-corrected chi connectivity index (χ2v) is 7.73. The Morgan fingerprint density at radius 2 is 1.95 bits per heavy atom. The van der Waals surface area contributed by atoms with Crippen molar-refractivity contribution >= 4 is 21.6 Å². The highest BCUT2D eigenvalue weighted by molar-refractivity contribution is 7.89. The van der Waals surface area contributed by atoms with E-state index in [2.05, 4.69) is 4.72 Å². The van der Waals surface area contributed by atoms with E-state index >= 15 is 0 Å². The van der Waals surface area contributed by atoms with Crippen LogP contribution in [0, 0.1) is 12.3 Å². The van der Waals surface area contributed by atoms with Gasteiger partial charge < -0.3 is 5.73 Å². The number of nitrogens with two attached hydrogens (primary N) is 1. The second-order valence-electron chi connectivity index (χ2n) is 5.64. The van der Waals surface area contributed by atoms with Crippen molar-refractivity contribution in [3.8, 4) is 0 Å². The fourth-order valence-corrected chi connectivity index (χ4v) is 3.66. The van der Waals surface area contributed by atoms with Crippen molar-refractivity contribution in [3.05, 3.63) is 28.8 Å². The van der Waals surface area contributed by atoms with Crippen molar-refractivity contribution in [1.29, 1.82) is 0 Å². The lowest BCUT2D eigenvalue weighted by Gasteiger charge is -2.30. The van der Waals surface area contributed by atoms with Gasteiger partial charge in [-0.1, -0.05) is 38.4 Å². The van der Waals surface area contributed by atoms with Gasteiger partial charge >= 0.3 is 0 Å². The maximum atomic E-state index is 12.4. The Morgan fingerprint density at radius 3 is 2.42 bits per heavy atom. The number of hydrogen-bond donors (Lipinski definition) is 2. The molecule has 0 bridgehead atoms. The third-order valence-corrected chi connectivity index (χ3v) is 5.11. The number of halogens is 1. The van der Waals surface area contributed by atoms with Crippen molar-refractivity contribution in [1.82, 2.24) is 4.72 Å². The van der Waals surface area contributed by atoms with Gasteiger partial charge in [-0.3, -0.25) is 0 Å². The number of hydrogen-bond acceptors (Lipinski definition) is 3. The topological polar surface area (TPSA) is 72.2 Å². The summed E-state index contributed by atoms with van der Waals surface area (Å²) >= 11 is 5.96. The van der Waals surface area contributed by atoms with Crippen LogP contribution in [0.4, 0.5) is 0 Å². The van der Waals surface area contributed by atoms with E-state index in [4.69, 9.17) is 17.3 Å². The van der Waals surface area contributed by atoms with Gasteiger partial charge in [-0.15, -0.1) is 0 Å². The number of sulfonamides is 1. The second kappa shape index (κ2) is 5.79. The zero-order valence-corrected chi connectivity index (χ0v) is 13.3. The molecule has 19 heavy (non-hydrogen) atoms. The molecule has 1 aromatic carbocycles. The molecule has 6 heteroatoms. The van der Waals surface area contributed by atoms with Crippen LogP contribution < -0.4 is 10.5 Å². The van der Waals surface area contributed by atoms with E-state index < -0.39 is 10.0 Å². The summed E-state index contributed by atoms with van der Waals surface area (Å²) in [5.74, 6) is 0. The molecule has 3 N–H and O–H groups in total. The SMILES string of the molecule is Cc1c(Cl)cccc1S(=O)(=O)NC(CN)C(C)(C)C. The zero-order chi connectivity index (χ0) is 14.8. The van der Waals surface area contributed by atoms with Gasteiger partial charge in [-0.05, 0) is 30.0 Å². The Labute approximate surface area is 120 Å². The van der Waals surface area contributed by atoms with Crippen molar-refractivity contribution in [2.75, 3.05) is 6.54 Å². The van der Waals surface area contributed by atoms with Gasteiger partial charge in [0.15, 0.2) is 0 Å². The van der Waals surface area contributed by atoms with E-state index in [1.54, 1.807) is 25.1 Å². The maximum absolute atomic E-state index is 12.4. The van der Waals surface area contributed by atoms with Crippen LogP contribution >= 0.6 is 11.6 Å². The van der Waals surface area contributed by atoms with Crippen LogP contribution in [0.25, 0.3) is 0 Å². The Morgan fingerprint density at radius 1 is 1.37 bits per heavy atom. The van der Waals surface area contributed by atoms with Crippen LogP contribution in [0.1, 0.15) is 26.3 Å². The van der Waals surface area contributed by atoms with E-state index in [0.29, 0.717) is 10.6 Å². The number of rotatable bonds is 4. The van der Waals surface area contributed by atoms with Crippen LogP contribution in [0.15, 0.2) is 23.1 Å². The summed E-state index contributed by atoms with van der Waals surface area (Å²) in [6, 6.07) is 4.49. The first kappa shape index (κ1) is 16.4.